The maximum absolute atomic E-state index is 12.0. The molecule has 2 rings (SSSR count). The molecule has 0 aliphatic carbocycles. The van der Waals surface area contributed by atoms with Crippen LogP contribution in [0.4, 0.5) is 0 Å². The summed E-state index contributed by atoms with van der Waals surface area (Å²) in [6.07, 6.45) is 0. The van der Waals surface area contributed by atoms with Gasteiger partial charge in [-0.15, -0.1) is 23.1 Å². The lowest BCUT2D eigenvalue weighted by atomic mass is 10.2. The van der Waals surface area contributed by atoms with Gasteiger partial charge in [-0.3, -0.25) is 9.59 Å². The number of aromatic amines is 1. The summed E-state index contributed by atoms with van der Waals surface area (Å²) < 4.78 is 0. The van der Waals surface area contributed by atoms with Crippen LogP contribution in [0.2, 0.25) is 0 Å². The summed E-state index contributed by atoms with van der Waals surface area (Å²) in [5.74, 6) is 1.31. The molecule has 0 saturated carbocycles. The monoisotopic (exact) mass is 296 g/mol. The Bertz CT molecular complexity index is 688. The second kappa shape index (κ2) is 5.46. The summed E-state index contributed by atoms with van der Waals surface area (Å²) >= 11 is 3.03. The van der Waals surface area contributed by atoms with Gasteiger partial charge in [-0.25, -0.2) is 4.98 Å². The second-order valence-electron chi connectivity index (χ2n) is 4.54. The lowest BCUT2D eigenvalue weighted by molar-refractivity contribution is -0.116. The van der Waals surface area contributed by atoms with Crippen LogP contribution in [0.1, 0.15) is 30.1 Å². The van der Waals surface area contributed by atoms with Gasteiger partial charge >= 0.3 is 0 Å². The minimum Gasteiger partial charge on any atom is -0.309 e. The number of ketones is 1. The third kappa shape index (κ3) is 2.90. The molecule has 2 aromatic rings. The van der Waals surface area contributed by atoms with E-state index in [4.69, 9.17) is 0 Å². The van der Waals surface area contributed by atoms with Crippen molar-refractivity contribution < 1.29 is 4.79 Å². The van der Waals surface area contributed by atoms with Crippen LogP contribution >= 0.6 is 23.1 Å². The van der Waals surface area contributed by atoms with Crippen LogP contribution in [0.3, 0.4) is 0 Å². The molecule has 0 bridgehead atoms. The van der Waals surface area contributed by atoms with Crippen LogP contribution in [-0.2, 0) is 10.5 Å². The van der Waals surface area contributed by atoms with E-state index in [0.29, 0.717) is 17.0 Å². The Morgan fingerprint density at radius 3 is 2.79 bits per heavy atom. The minimum atomic E-state index is -0.0853. The summed E-state index contributed by atoms with van der Waals surface area (Å²) in [5.41, 5.74) is 0.919. The van der Waals surface area contributed by atoms with Crippen molar-refractivity contribution in [2.75, 3.05) is 0 Å². The topological polar surface area (TPSA) is 62.8 Å². The SMILES string of the molecule is CC(=O)C(C)SCc1nc2sc(C)c(C)c2c(=O)[nH]1. The summed E-state index contributed by atoms with van der Waals surface area (Å²) in [6, 6.07) is 0. The van der Waals surface area contributed by atoms with E-state index in [1.807, 2.05) is 20.8 Å². The second-order valence-corrected chi connectivity index (χ2v) is 7.07. The molecule has 1 N–H and O–H groups in total. The van der Waals surface area contributed by atoms with E-state index in [0.717, 1.165) is 15.3 Å². The van der Waals surface area contributed by atoms with Gasteiger partial charge in [0.25, 0.3) is 5.56 Å². The predicted molar refractivity (Wildman–Crippen MR) is 81.2 cm³/mol. The van der Waals surface area contributed by atoms with Gasteiger partial charge in [0.2, 0.25) is 0 Å². The lowest BCUT2D eigenvalue weighted by Gasteiger charge is -2.06. The van der Waals surface area contributed by atoms with E-state index in [9.17, 15) is 9.59 Å². The minimum absolute atomic E-state index is 0.0761. The number of hydrogen-bond donors (Lipinski definition) is 1. The number of nitrogens with one attached hydrogen (secondary N) is 1. The molecule has 102 valence electrons. The quantitative estimate of drug-likeness (QED) is 0.942. The molecule has 0 aliphatic heterocycles. The highest BCUT2D eigenvalue weighted by molar-refractivity contribution is 7.99. The van der Waals surface area contributed by atoms with Crippen molar-refractivity contribution in [3.63, 3.8) is 0 Å². The molecule has 0 radical (unpaired) electrons. The van der Waals surface area contributed by atoms with Crippen LogP contribution in [-0.4, -0.2) is 21.0 Å². The molecule has 0 aliphatic rings. The van der Waals surface area contributed by atoms with E-state index in [-0.39, 0.29) is 16.6 Å². The molecule has 1 atom stereocenters. The fourth-order valence-electron chi connectivity index (χ4n) is 1.69. The largest absolute Gasteiger partial charge is 0.309 e. The first-order chi connectivity index (χ1) is 8.90. The summed E-state index contributed by atoms with van der Waals surface area (Å²) in [4.78, 5) is 32.4. The summed E-state index contributed by atoms with van der Waals surface area (Å²) in [5, 5.41) is 0.615. The van der Waals surface area contributed by atoms with Crippen LogP contribution < -0.4 is 5.56 Å². The number of aromatic nitrogens is 2. The number of fused-ring (bicyclic) bond motifs is 1. The van der Waals surface area contributed by atoms with Gasteiger partial charge < -0.3 is 4.98 Å². The first-order valence-electron chi connectivity index (χ1n) is 6.01. The molecule has 19 heavy (non-hydrogen) atoms. The van der Waals surface area contributed by atoms with E-state index >= 15 is 0 Å². The molecular weight excluding hydrogens is 280 g/mol. The number of aryl methyl sites for hydroxylation is 2. The van der Waals surface area contributed by atoms with E-state index in [2.05, 4.69) is 9.97 Å². The number of rotatable bonds is 4. The van der Waals surface area contributed by atoms with Crippen LogP contribution in [0.25, 0.3) is 10.2 Å². The molecule has 0 amide bonds. The van der Waals surface area contributed by atoms with Gasteiger partial charge in [-0.2, -0.15) is 0 Å². The van der Waals surface area contributed by atoms with Crippen molar-refractivity contribution in [3.8, 4) is 0 Å². The van der Waals surface area contributed by atoms with Crippen molar-refractivity contribution in [1.82, 2.24) is 9.97 Å². The summed E-state index contributed by atoms with van der Waals surface area (Å²) in [7, 11) is 0. The molecule has 0 aromatic carbocycles. The third-order valence-electron chi connectivity index (χ3n) is 3.13. The van der Waals surface area contributed by atoms with Crippen molar-refractivity contribution >= 4 is 39.1 Å². The van der Waals surface area contributed by atoms with Crippen molar-refractivity contribution in [1.29, 1.82) is 0 Å². The summed E-state index contributed by atoms with van der Waals surface area (Å²) in [6.45, 7) is 7.37. The predicted octanol–water partition coefficient (Wildman–Crippen LogP) is 2.81. The Morgan fingerprint density at radius 1 is 1.47 bits per heavy atom. The Balaban J connectivity index is 2.31. The Morgan fingerprint density at radius 2 is 2.16 bits per heavy atom. The van der Waals surface area contributed by atoms with Gasteiger partial charge in [0, 0.05) is 4.88 Å². The molecular formula is C13H16N2O2S2. The van der Waals surface area contributed by atoms with Gasteiger partial charge in [0.05, 0.1) is 16.4 Å². The number of carbonyl (C=O) groups is 1. The molecule has 2 aromatic heterocycles. The number of hydrogen-bond acceptors (Lipinski definition) is 5. The zero-order valence-electron chi connectivity index (χ0n) is 11.4. The highest BCUT2D eigenvalue weighted by atomic mass is 32.2. The molecule has 1 unspecified atom stereocenters. The molecule has 0 spiro atoms. The maximum atomic E-state index is 12.0. The number of nitrogens with zero attached hydrogens (tertiary/aromatic N) is 1. The average molecular weight is 296 g/mol. The smallest absolute Gasteiger partial charge is 0.259 e. The van der Waals surface area contributed by atoms with Crippen LogP contribution in [0, 0.1) is 13.8 Å². The Labute approximate surface area is 119 Å². The molecule has 0 saturated heterocycles. The maximum Gasteiger partial charge on any atom is 0.259 e. The Kier molecular flexibility index (Phi) is 4.10. The number of thiophene rings is 1. The number of thioether (sulfide) groups is 1. The highest BCUT2D eigenvalue weighted by Crippen LogP contribution is 2.26. The first kappa shape index (κ1) is 14.3. The highest BCUT2D eigenvalue weighted by Gasteiger charge is 2.13. The molecule has 0 fully saturated rings. The van der Waals surface area contributed by atoms with Gasteiger partial charge in [0.1, 0.15) is 16.4 Å². The lowest BCUT2D eigenvalue weighted by Crippen LogP contribution is -2.13. The van der Waals surface area contributed by atoms with Gasteiger partial charge in [0.15, 0.2) is 0 Å². The normalized spacial score (nSPS) is 12.8. The number of carbonyl (C=O) groups excluding carboxylic acids is 1. The van der Waals surface area contributed by atoms with Crippen molar-refractivity contribution in [2.24, 2.45) is 0 Å². The number of Topliss-reactive ketones (excluding diaryl/α,β-unsaturated/α-hetero) is 1. The fourth-order valence-corrected chi connectivity index (χ4v) is 3.52. The molecule has 2 heterocycles. The number of H-pyrrole nitrogens is 1. The fraction of sp³-hybridized carbons (Fsp3) is 0.462. The van der Waals surface area contributed by atoms with Crippen LogP contribution in [0.15, 0.2) is 4.79 Å². The van der Waals surface area contributed by atoms with Crippen molar-refractivity contribution in [3.05, 3.63) is 26.6 Å². The Hall–Kier alpha value is -1.14. The molecule has 4 nitrogen and oxygen atoms in total. The van der Waals surface area contributed by atoms with Crippen molar-refractivity contribution in [2.45, 2.75) is 38.7 Å². The third-order valence-corrected chi connectivity index (χ3v) is 5.50. The standard InChI is InChI=1S/C13H16N2O2S2/c1-6-8(3)19-13-11(6)12(17)14-10(15-13)5-18-9(4)7(2)16/h9H,5H2,1-4H3,(H,14,15,17). The van der Waals surface area contributed by atoms with E-state index < -0.39 is 0 Å². The first-order valence-corrected chi connectivity index (χ1v) is 7.87. The van der Waals surface area contributed by atoms with Gasteiger partial charge in [-0.05, 0) is 33.3 Å². The zero-order chi connectivity index (χ0) is 14.2. The molecule has 6 heteroatoms. The van der Waals surface area contributed by atoms with Gasteiger partial charge in [-0.1, -0.05) is 0 Å². The average Bonchev–Trinajstić information content (AvgIpc) is 2.62. The van der Waals surface area contributed by atoms with E-state index in [1.165, 1.54) is 11.8 Å². The zero-order valence-corrected chi connectivity index (χ0v) is 13.0. The van der Waals surface area contributed by atoms with E-state index in [1.54, 1.807) is 18.3 Å². The van der Waals surface area contributed by atoms with Crippen LogP contribution in [0.5, 0.6) is 0 Å².